The lowest BCUT2D eigenvalue weighted by molar-refractivity contribution is -0.134. The van der Waals surface area contributed by atoms with E-state index in [1.165, 1.54) is 24.8 Å². The predicted octanol–water partition coefficient (Wildman–Crippen LogP) is 4.04. The number of methoxy groups -OCH3 is 1. The lowest BCUT2D eigenvalue weighted by Gasteiger charge is -2.25. The van der Waals surface area contributed by atoms with Crippen LogP contribution >= 0.6 is 0 Å². The summed E-state index contributed by atoms with van der Waals surface area (Å²) in [6.45, 7) is 1.83. The summed E-state index contributed by atoms with van der Waals surface area (Å²) in [6, 6.07) is 11.3. The molecule has 1 aliphatic heterocycles. The SMILES string of the molecule is COC(=O)/C=C/c1ccc([C@@H]2CCCN2CCc2cnn3ccccc23)c(F)c1. The van der Waals surface area contributed by atoms with Crippen LogP contribution in [0.2, 0.25) is 0 Å². The summed E-state index contributed by atoms with van der Waals surface area (Å²) in [7, 11) is 1.32. The van der Waals surface area contributed by atoms with E-state index in [2.05, 4.69) is 20.8 Å². The Morgan fingerprint density at radius 2 is 2.24 bits per heavy atom. The second-order valence-corrected chi connectivity index (χ2v) is 7.28. The number of hydrogen-bond acceptors (Lipinski definition) is 4. The van der Waals surface area contributed by atoms with Crippen LogP contribution in [0.4, 0.5) is 4.39 Å². The molecular weight excluding hydrogens is 369 g/mol. The molecule has 1 atom stereocenters. The molecule has 0 amide bonds. The van der Waals surface area contributed by atoms with Gasteiger partial charge in [-0.15, -0.1) is 0 Å². The topological polar surface area (TPSA) is 46.8 Å². The number of halogens is 1. The van der Waals surface area contributed by atoms with Gasteiger partial charge in [0.05, 0.1) is 18.8 Å². The van der Waals surface area contributed by atoms with Crippen LogP contribution in [0.25, 0.3) is 11.6 Å². The van der Waals surface area contributed by atoms with E-state index in [1.54, 1.807) is 6.08 Å². The van der Waals surface area contributed by atoms with Gasteiger partial charge in [-0.05, 0) is 61.2 Å². The minimum Gasteiger partial charge on any atom is -0.466 e. The van der Waals surface area contributed by atoms with Crippen molar-refractivity contribution in [3.63, 3.8) is 0 Å². The lowest BCUT2D eigenvalue weighted by Crippen LogP contribution is -2.26. The van der Waals surface area contributed by atoms with Crippen LogP contribution in [0, 0.1) is 5.82 Å². The lowest BCUT2D eigenvalue weighted by atomic mass is 10.0. The number of ether oxygens (including phenoxy) is 1. The Kier molecular flexibility index (Phi) is 5.71. The highest BCUT2D eigenvalue weighted by molar-refractivity contribution is 5.86. The van der Waals surface area contributed by atoms with Crippen molar-refractivity contribution in [2.24, 2.45) is 0 Å². The summed E-state index contributed by atoms with van der Waals surface area (Å²) in [5.41, 5.74) is 3.70. The molecule has 4 rings (SSSR count). The first kappa shape index (κ1) is 19.3. The molecule has 0 radical (unpaired) electrons. The maximum absolute atomic E-state index is 14.8. The van der Waals surface area contributed by atoms with E-state index in [0.29, 0.717) is 5.56 Å². The van der Waals surface area contributed by atoms with Crippen LogP contribution in [0.15, 0.2) is 54.9 Å². The van der Waals surface area contributed by atoms with Crippen LogP contribution in [-0.4, -0.2) is 40.7 Å². The Bertz CT molecular complexity index is 1040. The first-order valence-electron chi connectivity index (χ1n) is 9.86. The quantitative estimate of drug-likeness (QED) is 0.468. The van der Waals surface area contributed by atoms with Gasteiger partial charge in [0.25, 0.3) is 0 Å². The number of aromatic nitrogens is 2. The molecular formula is C23H24FN3O2. The molecule has 0 aliphatic carbocycles. The van der Waals surface area contributed by atoms with Crippen molar-refractivity contribution in [2.75, 3.05) is 20.2 Å². The van der Waals surface area contributed by atoms with Crippen molar-refractivity contribution in [1.82, 2.24) is 14.5 Å². The molecule has 3 heterocycles. The molecule has 2 aromatic heterocycles. The van der Waals surface area contributed by atoms with Crippen molar-refractivity contribution in [3.05, 3.63) is 77.4 Å². The number of nitrogens with zero attached hydrogens (tertiary/aromatic N) is 3. The molecule has 1 saturated heterocycles. The number of pyridine rings is 1. The molecule has 1 fully saturated rings. The standard InChI is InChI=1S/C23H24FN3O2/c1-29-23(28)10-8-17-7-9-19(20(24)15-17)22-6-4-12-26(22)14-11-18-16-25-27-13-3-2-5-21(18)27/h2-3,5,7-10,13,15-16,22H,4,6,11-12,14H2,1H3/b10-8+/t22-/m0/s1. The fraction of sp³-hybridized carbons (Fsp3) is 0.304. The highest BCUT2D eigenvalue weighted by Crippen LogP contribution is 2.34. The third kappa shape index (κ3) is 4.22. The highest BCUT2D eigenvalue weighted by Gasteiger charge is 2.28. The number of hydrogen-bond donors (Lipinski definition) is 0. The van der Waals surface area contributed by atoms with Crippen LogP contribution in [0.1, 0.15) is 35.6 Å². The van der Waals surface area contributed by atoms with E-state index >= 15 is 0 Å². The van der Waals surface area contributed by atoms with Crippen LogP contribution in [0.5, 0.6) is 0 Å². The number of carbonyl (C=O) groups is 1. The van der Waals surface area contributed by atoms with E-state index in [4.69, 9.17) is 0 Å². The maximum atomic E-state index is 14.8. The van der Waals surface area contributed by atoms with Gasteiger partial charge in [0.1, 0.15) is 5.82 Å². The Labute approximate surface area is 169 Å². The summed E-state index contributed by atoms with van der Waals surface area (Å²) < 4.78 is 21.3. The third-order valence-electron chi connectivity index (χ3n) is 5.53. The van der Waals surface area contributed by atoms with Gasteiger partial charge in [-0.25, -0.2) is 13.7 Å². The molecule has 6 heteroatoms. The van der Waals surface area contributed by atoms with E-state index < -0.39 is 5.97 Å². The van der Waals surface area contributed by atoms with Crippen molar-refractivity contribution in [1.29, 1.82) is 0 Å². The largest absolute Gasteiger partial charge is 0.466 e. The normalized spacial score (nSPS) is 17.4. The van der Waals surface area contributed by atoms with E-state index in [-0.39, 0.29) is 11.9 Å². The first-order chi connectivity index (χ1) is 14.2. The molecule has 0 unspecified atom stereocenters. The average Bonchev–Trinajstić information content (AvgIpc) is 3.37. The molecule has 0 N–H and O–H groups in total. The molecule has 29 heavy (non-hydrogen) atoms. The number of esters is 1. The van der Waals surface area contributed by atoms with Gasteiger partial charge in [-0.3, -0.25) is 4.90 Å². The second-order valence-electron chi connectivity index (χ2n) is 7.28. The Balaban J connectivity index is 1.46. The monoisotopic (exact) mass is 393 g/mol. The zero-order valence-electron chi connectivity index (χ0n) is 16.4. The van der Waals surface area contributed by atoms with Gasteiger partial charge in [0.2, 0.25) is 0 Å². The number of carbonyl (C=O) groups excluding carboxylic acids is 1. The van der Waals surface area contributed by atoms with E-state index in [1.807, 2.05) is 41.2 Å². The molecule has 0 saturated carbocycles. The Morgan fingerprint density at radius 3 is 3.07 bits per heavy atom. The van der Waals surface area contributed by atoms with Gasteiger partial charge in [-0.2, -0.15) is 5.10 Å². The van der Waals surface area contributed by atoms with Crippen molar-refractivity contribution < 1.29 is 13.9 Å². The second kappa shape index (κ2) is 8.57. The maximum Gasteiger partial charge on any atom is 0.330 e. The average molecular weight is 393 g/mol. The predicted molar refractivity (Wildman–Crippen MR) is 110 cm³/mol. The molecule has 1 aromatic carbocycles. The number of fused-ring (bicyclic) bond motifs is 1. The zero-order chi connectivity index (χ0) is 20.2. The minimum absolute atomic E-state index is 0.0791. The molecule has 0 bridgehead atoms. The summed E-state index contributed by atoms with van der Waals surface area (Å²) in [6.07, 6.45) is 9.62. The molecule has 3 aromatic rings. The highest BCUT2D eigenvalue weighted by atomic mass is 19.1. The van der Waals surface area contributed by atoms with Gasteiger partial charge in [0, 0.05) is 30.4 Å². The Hall–Kier alpha value is -2.99. The molecule has 150 valence electrons. The number of benzene rings is 1. The van der Waals surface area contributed by atoms with Crippen molar-refractivity contribution in [3.8, 4) is 0 Å². The summed E-state index contributed by atoms with van der Waals surface area (Å²) in [4.78, 5) is 13.6. The minimum atomic E-state index is -0.454. The summed E-state index contributed by atoms with van der Waals surface area (Å²) in [5, 5.41) is 4.40. The van der Waals surface area contributed by atoms with Gasteiger partial charge in [-0.1, -0.05) is 18.2 Å². The third-order valence-corrected chi connectivity index (χ3v) is 5.53. The smallest absolute Gasteiger partial charge is 0.330 e. The fourth-order valence-corrected chi connectivity index (χ4v) is 4.04. The zero-order valence-corrected chi connectivity index (χ0v) is 16.4. The molecule has 5 nitrogen and oxygen atoms in total. The van der Waals surface area contributed by atoms with E-state index in [9.17, 15) is 9.18 Å². The van der Waals surface area contributed by atoms with Crippen LogP contribution < -0.4 is 0 Å². The number of likely N-dealkylation sites (tertiary alicyclic amines) is 1. The summed E-state index contributed by atoms with van der Waals surface area (Å²) >= 11 is 0. The number of rotatable bonds is 6. The van der Waals surface area contributed by atoms with E-state index in [0.717, 1.165) is 43.4 Å². The molecule has 1 aliphatic rings. The van der Waals surface area contributed by atoms with Gasteiger partial charge >= 0.3 is 5.97 Å². The fourth-order valence-electron chi connectivity index (χ4n) is 4.04. The summed E-state index contributed by atoms with van der Waals surface area (Å²) in [5.74, 6) is -0.686. The van der Waals surface area contributed by atoms with Crippen molar-refractivity contribution >= 4 is 17.6 Å². The first-order valence-corrected chi connectivity index (χ1v) is 9.86. The van der Waals surface area contributed by atoms with Crippen LogP contribution in [-0.2, 0) is 16.0 Å². The Morgan fingerprint density at radius 1 is 1.34 bits per heavy atom. The van der Waals surface area contributed by atoms with Gasteiger partial charge < -0.3 is 4.74 Å². The molecule has 0 spiro atoms. The van der Waals surface area contributed by atoms with Crippen molar-refractivity contribution in [2.45, 2.75) is 25.3 Å². The van der Waals surface area contributed by atoms with Crippen LogP contribution in [0.3, 0.4) is 0 Å². The van der Waals surface area contributed by atoms with Gasteiger partial charge in [0.15, 0.2) is 0 Å².